The molecule has 0 saturated heterocycles. The zero-order valence-corrected chi connectivity index (χ0v) is 10.00. The van der Waals surface area contributed by atoms with Crippen molar-refractivity contribution in [2.75, 3.05) is 0 Å². The van der Waals surface area contributed by atoms with Crippen molar-refractivity contribution in [1.29, 1.82) is 0 Å². The van der Waals surface area contributed by atoms with Crippen molar-refractivity contribution >= 4 is 5.97 Å². The van der Waals surface area contributed by atoms with Crippen LogP contribution in [-0.2, 0) is 4.79 Å². The van der Waals surface area contributed by atoms with Crippen LogP contribution in [0.15, 0.2) is 0 Å². The van der Waals surface area contributed by atoms with E-state index in [4.69, 9.17) is 0 Å². The summed E-state index contributed by atoms with van der Waals surface area (Å²) in [5, 5.41) is 10.7. The number of carboxylic acids is 1. The van der Waals surface area contributed by atoms with Crippen molar-refractivity contribution < 1.29 is 9.90 Å². The SMILES string of the molecule is CCC(CC(C)C(=O)[O-])C1CCCCC1. The molecule has 0 aromatic heterocycles. The molecule has 0 N–H and O–H groups in total. The van der Waals surface area contributed by atoms with Gasteiger partial charge in [0.05, 0.1) is 0 Å². The molecule has 0 aliphatic heterocycles. The van der Waals surface area contributed by atoms with Crippen molar-refractivity contribution in [1.82, 2.24) is 0 Å². The number of hydrogen-bond acceptors (Lipinski definition) is 2. The topological polar surface area (TPSA) is 40.1 Å². The smallest absolute Gasteiger partial charge is 0.0442 e. The summed E-state index contributed by atoms with van der Waals surface area (Å²) in [4.78, 5) is 10.7. The molecular formula is C13H23O2-. The van der Waals surface area contributed by atoms with Crippen LogP contribution in [0.25, 0.3) is 0 Å². The summed E-state index contributed by atoms with van der Waals surface area (Å²) in [6, 6.07) is 0. The molecule has 2 unspecified atom stereocenters. The van der Waals surface area contributed by atoms with E-state index in [-0.39, 0.29) is 5.92 Å². The predicted molar refractivity (Wildman–Crippen MR) is 59.1 cm³/mol. The first-order valence-corrected chi connectivity index (χ1v) is 6.36. The van der Waals surface area contributed by atoms with E-state index in [0.717, 1.165) is 18.8 Å². The quantitative estimate of drug-likeness (QED) is 0.700. The van der Waals surface area contributed by atoms with Gasteiger partial charge in [-0.25, -0.2) is 0 Å². The van der Waals surface area contributed by atoms with E-state index in [9.17, 15) is 9.90 Å². The van der Waals surface area contributed by atoms with E-state index in [1.54, 1.807) is 6.92 Å². The van der Waals surface area contributed by atoms with Gasteiger partial charge in [-0.15, -0.1) is 0 Å². The Bertz CT molecular complexity index is 195. The van der Waals surface area contributed by atoms with Gasteiger partial charge in [0.2, 0.25) is 0 Å². The molecular weight excluding hydrogens is 188 g/mol. The summed E-state index contributed by atoms with van der Waals surface area (Å²) in [5.41, 5.74) is 0. The first-order valence-electron chi connectivity index (χ1n) is 6.36. The lowest BCUT2D eigenvalue weighted by molar-refractivity contribution is -0.311. The van der Waals surface area contributed by atoms with E-state index in [2.05, 4.69) is 6.92 Å². The van der Waals surface area contributed by atoms with Crippen molar-refractivity contribution in [3.05, 3.63) is 0 Å². The zero-order chi connectivity index (χ0) is 11.3. The molecule has 2 nitrogen and oxygen atoms in total. The Hall–Kier alpha value is -0.530. The van der Waals surface area contributed by atoms with Crippen LogP contribution in [0.4, 0.5) is 0 Å². The summed E-state index contributed by atoms with van der Waals surface area (Å²) >= 11 is 0. The molecule has 1 rings (SSSR count). The van der Waals surface area contributed by atoms with Crippen LogP contribution in [0.1, 0.15) is 58.8 Å². The molecule has 0 radical (unpaired) electrons. The van der Waals surface area contributed by atoms with Gasteiger partial charge in [-0.3, -0.25) is 0 Å². The normalized spacial score (nSPS) is 22.3. The zero-order valence-electron chi connectivity index (χ0n) is 10.00. The molecule has 0 heterocycles. The lowest BCUT2D eigenvalue weighted by Gasteiger charge is -2.31. The van der Waals surface area contributed by atoms with Gasteiger partial charge in [-0.05, 0) is 24.2 Å². The summed E-state index contributed by atoms with van der Waals surface area (Å²) in [7, 11) is 0. The minimum atomic E-state index is -0.885. The molecule has 15 heavy (non-hydrogen) atoms. The first-order chi connectivity index (χ1) is 7.15. The maximum Gasteiger partial charge on any atom is 0.0442 e. The van der Waals surface area contributed by atoms with Crippen molar-refractivity contribution in [3.8, 4) is 0 Å². The van der Waals surface area contributed by atoms with E-state index in [1.807, 2.05) is 0 Å². The standard InChI is InChI=1S/C13H24O2/c1-3-11(9-10(2)13(14)15)12-7-5-4-6-8-12/h10-12H,3-9H2,1-2H3,(H,14,15)/p-1. The lowest BCUT2D eigenvalue weighted by atomic mass is 9.75. The van der Waals surface area contributed by atoms with Crippen LogP contribution in [0.5, 0.6) is 0 Å². The van der Waals surface area contributed by atoms with Crippen LogP contribution in [0.2, 0.25) is 0 Å². The van der Waals surface area contributed by atoms with E-state index >= 15 is 0 Å². The van der Waals surface area contributed by atoms with Crippen molar-refractivity contribution in [2.45, 2.75) is 58.8 Å². The van der Waals surface area contributed by atoms with Crippen LogP contribution in [-0.4, -0.2) is 5.97 Å². The molecule has 0 bridgehead atoms. The summed E-state index contributed by atoms with van der Waals surface area (Å²) in [6.07, 6.45) is 8.56. The monoisotopic (exact) mass is 211 g/mol. The Morgan fingerprint density at radius 3 is 2.40 bits per heavy atom. The van der Waals surface area contributed by atoms with E-state index < -0.39 is 5.97 Å². The highest BCUT2D eigenvalue weighted by molar-refractivity contribution is 5.66. The van der Waals surface area contributed by atoms with Gasteiger partial charge >= 0.3 is 0 Å². The fourth-order valence-corrected chi connectivity index (χ4v) is 2.85. The number of carboxylic acid groups (broad SMARTS) is 1. The molecule has 1 fully saturated rings. The lowest BCUT2D eigenvalue weighted by Crippen LogP contribution is -2.32. The first kappa shape index (κ1) is 12.5. The largest absolute Gasteiger partial charge is 0.550 e. The number of rotatable bonds is 5. The number of hydrogen-bond donors (Lipinski definition) is 0. The van der Waals surface area contributed by atoms with Crippen molar-refractivity contribution in [2.24, 2.45) is 17.8 Å². The fourth-order valence-electron chi connectivity index (χ4n) is 2.85. The second-order valence-electron chi connectivity index (χ2n) is 5.02. The maximum atomic E-state index is 10.7. The van der Waals surface area contributed by atoms with E-state index in [0.29, 0.717) is 5.92 Å². The highest BCUT2D eigenvalue weighted by atomic mass is 16.4. The number of carbonyl (C=O) groups excluding carboxylic acids is 1. The predicted octanol–water partition coefficient (Wildman–Crippen LogP) is 2.37. The average Bonchev–Trinajstić information content (AvgIpc) is 2.26. The third kappa shape index (κ3) is 3.84. The minimum Gasteiger partial charge on any atom is -0.550 e. The van der Waals surface area contributed by atoms with Crippen LogP contribution < -0.4 is 5.11 Å². The molecule has 1 saturated carbocycles. The Morgan fingerprint density at radius 2 is 1.93 bits per heavy atom. The second-order valence-corrected chi connectivity index (χ2v) is 5.02. The Morgan fingerprint density at radius 1 is 1.33 bits per heavy atom. The van der Waals surface area contributed by atoms with Gasteiger partial charge in [-0.1, -0.05) is 52.4 Å². The minimum absolute atomic E-state index is 0.281. The van der Waals surface area contributed by atoms with Gasteiger partial charge in [0.15, 0.2) is 0 Å². The molecule has 0 spiro atoms. The molecule has 2 heteroatoms. The molecule has 1 aliphatic rings. The molecule has 88 valence electrons. The highest BCUT2D eigenvalue weighted by Gasteiger charge is 2.23. The summed E-state index contributed by atoms with van der Waals surface area (Å²) in [5.74, 6) is 0.199. The summed E-state index contributed by atoms with van der Waals surface area (Å²) in [6.45, 7) is 3.96. The van der Waals surface area contributed by atoms with Gasteiger partial charge in [0.1, 0.15) is 0 Å². The van der Waals surface area contributed by atoms with Crippen LogP contribution in [0, 0.1) is 17.8 Å². The maximum absolute atomic E-state index is 10.7. The Labute approximate surface area is 93.1 Å². The van der Waals surface area contributed by atoms with Crippen molar-refractivity contribution in [3.63, 3.8) is 0 Å². The van der Waals surface area contributed by atoms with Gasteiger partial charge in [0.25, 0.3) is 0 Å². The highest BCUT2D eigenvalue weighted by Crippen LogP contribution is 2.34. The average molecular weight is 211 g/mol. The van der Waals surface area contributed by atoms with Gasteiger partial charge in [0, 0.05) is 5.97 Å². The molecule has 2 atom stereocenters. The third-order valence-corrected chi connectivity index (χ3v) is 3.90. The van der Waals surface area contributed by atoms with E-state index in [1.165, 1.54) is 32.1 Å². The molecule has 1 aliphatic carbocycles. The second kappa shape index (κ2) is 6.14. The molecule has 0 aromatic rings. The Kier molecular flexibility index (Phi) is 5.13. The number of carbonyl (C=O) groups is 1. The van der Waals surface area contributed by atoms with Gasteiger partial charge < -0.3 is 9.90 Å². The molecule has 0 aromatic carbocycles. The molecule has 0 amide bonds. The third-order valence-electron chi connectivity index (χ3n) is 3.90. The number of aliphatic carboxylic acids is 1. The van der Waals surface area contributed by atoms with Crippen LogP contribution in [0.3, 0.4) is 0 Å². The summed E-state index contributed by atoms with van der Waals surface area (Å²) < 4.78 is 0. The van der Waals surface area contributed by atoms with Crippen LogP contribution >= 0.6 is 0 Å². The van der Waals surface area contributed by atoms with Gasteiger partial charge in [-0.2, -0.15) is 0 Å². The fraction of sp³-hybridized carbons (Fsp3) is 0.923. The Balaban J connectivity index is 2.43.